The molecule has 4 heterocycles. The van der Waals surface area contributed by atoms with Gasteiger partial charge in [0.1, 0.15) is 0 Å². The molecule has 0 unspecified atom stereocenters. The Morgan fingerprint density at radius 3 is 2.68 bits per heavy atom. The molecule has 9 heteroatoms. The van der Waals surface area contributed by atoms with Crippen molar-refractivity contribution in [1.82, 2.24) is 19.4 Å². The highest BCUT2D eigenvalue weighted by Gasteiger charge is 2.50. The monoisotopic (exact) mass is 426 g/mol. The first-order valence-corrected chi connectivity index (χ1v) is 12.9. The number of thiophene rings is 1. The summed E-state index contributed by atoms with van der Waals surface area (Å²) in [4.78, 5) is 20.6. The summed E-state index contributed by atoms with van der Waals surface area (Å²) >= 11 is 1.75. The zero-order chi connectivity index (χ0) is 19.8. The van der Waals surface area contributed by atoms with E-state index < -0.39 is 10.0 Å². The number of nitrogens with zero attached hydrogens (tertiary/aromatic N) is 3. The Labute approximate surface area is 171 Å². The van der Waals surface area contributed by atoms with Crippen LogP contribution in [-0.2, 0) is 16.6 Å². The van der Waals surface area contributed by atoms with E-state index in [1.165, 1.54) is 11.1 Å². The number of rotatable bonds is 4. The zero-order valence-electron chi connectivity index (χ0n) is 16.5. The largest absolute Gasteiger partial charge is 0.325 e. The summed E-state index contributed by atoms with van der Waals surface area (Å²) in [5, 5.41) is 2.09. The number of urea groups is 1. The second kappa shape index (κ2) is 7.93. The molecule has 0 bridgehead atoms. The molecule has 3 aliphatic heterocycles. The highest BCUT2D eigenvalue weighted by Crippen LogP contribution is 2.40. The maximum absolute atomic E-state index is 13.0. The van der Waals surface area contributed by atoms with Crippen molar-refractivity contribution >= 4 is 27.4 Å². The molecule has 1 N–H and O–H groups in total. The molecule has 0 aliphatic carbocycles. The third kappa shape index (κ3) is 4.37. The third-order valence-electron chi connectivity index (χ3n) is 6.36. The van der Waals surface area contributed by atoms with Gasteiger partial charge in [-0.1, -0.05) is 6.07 Å². The van der Waals surface area contributed by atoms with Crippen LogP contribution in [0.4, 0.5) is 4.79 Å². The van der Waals surface area contributed by atoms with E-state index in [0.717, 1.165) is 52.0 Å². The van der Waals surface area contributed by atoms with E-state index in [1.54, 1.807) is 11.3 Å². The number of hydrogen-bond acceptors (Lipinski definition) is 5. The van der Waals surface area contributed by atoms with Crippen LogP contribution in [0.15, 0.2) is 17.5 Å². The lowest BCUT2D eigenvalue weighted by Gasteiger charge is -2.47. The molecule has 1 aromatic heterocycles. The average molecular weight is 427 g/mol. The van der Waals surface area contributed by atoms with Gasteiger partial charge < -0.3 is 9.80 Å². The molecule has 28 heavy (non-hydrogen) atoms. The molecule has 3 saturated heterocycles. The van der Waals surface area contributed by atoms with Gasteiger partial charge in [-0.05, 0) is 43.7 Å². The minimum absolute atomic E-state index is 0.113. The molecule has 1 spiro atoms. The molecule has 3 fully saturated rings. The summed E-state index contributed by atoms with van der Waals surface area (Å²) < 4.78 is 26.9. The molecule has 7 nitrogen and oxygen atoms in total. The smallest absolute Gasteiger partial charge is 0.320 e. The van der Waals surface area contributed by atoms with Gasteiger partial charge in [-0.3, -0.25) is 4.90 Å². The lowest BCUT2D eigenvalue weighted by molar-refractivity contribution is 0.0691. The van der Waals surface area contributed by atoms with Gasteiger partial charge in [0, 0.05) is 55.6 Å². The summed E-state index contributed by atoms with van der Waals surface area (Å²) in [6.07, 6.45) is 4.99. The molecule has 1 aromatic rings. The summed E-state index contributed by atoms with van der Waals surface area (Å²) in [5.41, 5.74) is -0.214. The molecule has 4 rings (SSSR count). The van der Waals surface area contributed by atoms with Crippen molar-refractivity contribution < 1.29 is 13.2 Å². The van der Waals surface area contributed by atoms with Gasteiger partial charge in [0.2, 0.25) is 10.0 Å². The van der Waals surface area contributed by atoms with Crippen molar-refractivity contribution in [2.24, 2.45) is 5.41 Å². The Morgan fingerprint density at radius 2 is 2.00 bits per heavy atom. The van der Waals surface area contributed by atoms with Crippen molar-refractivity contribution in [2.45, 2.75) is 38.3 Å². The second-order valence-electron chi connectivity index (χ2n) is 8.53. The van der Waals surface area contributed by atoms with E-state index in [-0.39, 0.29) is 17.5 Å². The highest BCUT2D eigenvalue weighted by molar-refractivity contribution is 7.88. The number of hydrogen-bond donors (Lipinski definition) is 1. The van der Waals surface area contributed by atoms with E-state index in [9.17, 15) is 13.2 Å². The van der Waals surface area contributed by atoms with Crippen LogP contribution >= 0.6 is 11.3 Å². The van der Waals surface area contributed by atoms with Gasteiger partial charge in [-0.15, -0.1) is 11.3 Å². The lowest BCUT2D eigenvalue weighted by Crippen LogP contribution is -2.61. The standard InChI is InChI=1S/C19H30N4O3S2/c1-28(25,26)20-17-6-10-23(18(24)22-8-2-3-9-22)15-19(17)7-11-21(14-19)13-16-5-4-12-27-16/h4-5,12,17,20H,2-3,6-11,13-15H2,1H3/t17-,19+/m0/s1. The highest BCUT2D eigenvalue weighted by atomic mass is 32.2. The topological polar surface area (TPSA) is 73.0 Å². The average Bonchev–Trinajstić information content (AvgIpc) is 3.38. The molecule has 156 valence electrons. The molecular formula is C19H30N4O3S2. The first kappa shape index (κ1) is 20.1. The van der Waals surface area contributed by atoms with E-state index in [2.05, 4.69) is 27.1 Å². The fraction of sp³-hybridized carbons (Fsp3) is 0.737. The Bertz CT molecular complexity index is 792. The van der Waals surface area contributed by atoms with Crippen molar-refractivity contribution in [2.75, 3.05) is 45.5 Å². The first-order valence-electron chi connectivity index (χ1n) is 10.1. The van der Waals surface area contributed by atoms with E-state index in [4.69, 9.17) is 0 Å². The molecule has 2 atom stereocenters. The lowest BCUT2D eigenvalue weighted by atomic mass is 9.75. The minimum atomic E-state index is -3.29. The molecular weight excluding hydrogens is 396 g/mol. The predicted molar refractivity (Wildman–Crippen MR) is 111 cm³/mol. The van der Waals surface area contributed by atoms with Crippen LogP contribution in [-0.4, -0.2) is 80.7 Å². The number of sulfonamides is 1. The van der Waals surface area contributed by atoms with Crippen molar-refractivity contribution in [3.05, 3.63) is 22.4 Å². The normalized spacial score (nSPS) is 29.1. The molecule has 0 aromatic carbocycles. The summed E-state index contributed by atoms with van der Waals surface area (Å²) in [6, 6.07) is 4.23. The van der Waals surface area contributed by atoms with Gasteiger partial charge in [0.15, 0.2) is 0 Å². The second-order valence-corrected chi connectivity index (χ2v) is 11.3. The van der Waals surface area contributed by atoms with Crippen LogP contribution in [0, 0.1) is 5.41 Å². The van der Waals surface area contributed by atoms with Crippen LogP contribution in [0.2, 0.25) is 0 Å². The summed E-state index contributed by atoms with van der Waals surface area (Å²) in [7, 11) is -3.29. The van der Waals surface area contributed by atoms with Crippen LogP contribution in [0.3, 0.4) is 0 Å². The van der Waals surface area contributed by atoms with Crippen LogP contribution in [0.5, 0.6) is 0 Å². The maximum atomic E-state index is 13.0. The van der Waals surface area contributed by atoms with E-state index in [1.807, 2.05) is 9.80 Å². The Kier molecular flexibility index (Phi) is 5.70. The quantitative estimate of drug-likeness (QED) is 0.797. The maximum Gasteiger partial charge on any atom is 0.320 e. The number of amides is 2. The van der Waals surface area contributed by atoms with Gasteiger partial charge >= 0.3 is 6.03 Å². The number of carbonyl (C=O) groups excluding carboxylic acids is 1. The molecule has 0 saturated carbocycles. The van der Waals surface area contributed by atoms with Gasteiger partial charge in [0.05, 0.1) is 6.26 Å². The van der Waals surface area contributed by atoms with Gasteiger partial charge in [-0.2, -0.15) is 0 Å². The van der Waals surface area contributed by atoms with E-state index >= 15 is 0 Å². The van der Waals surface area contributed by atoms with Crippen molar-refractivity contribution in [3.8, 4) is 0 Å². The Hall–Kier alpha value is -1.16. The Morgan fingerprint density at radius 1 is 1.21 bits per heavy atom. The molecule has 3 aliphatic rings. The fourth-order valence-corrected chi connectivity index (χ4v) is 6.66. The van der Waals surface area contributed by atoms with Crippen molar-refractivity contribution in [3.63, 3.8) is 0 Å². The number of likely N-dealkylation sites (tertiary alicyclic amines) is 3. The predicted octanol–water partition coefficient (Wildman–Crippen LogP) is 1.78. The zero-order valence-corrected chi connectivity index (χ0v) is 18.1. The molecule has 0 radical (unpaired) electrons. The fourth-order valence-electron chi connectivity index (χ4n) is 5.03. The summed E-state index contributed by atoms with van der Waals surface area (Å²) in [6.45, 7) is 5.60. The number of carbonyl (C=O) groups is 1. The molecule has 2 amide bonds. The van der Waals surface area contributed by atoms with Crippen LogP contribution in [0.1, 0.15) is 30.6 Å². The van der Waals surface area contributed by atoms with Crippen LogP contribution in [0.25, 0.3) is 0 Å². The first-order chi connectivity index (χ1) is 13.3. The SMILES string of the molecule is CS(=O)(=O)N[C@H]1CCN(C(=O)N2CCCC2)C[C@]12CCN(Cc1cccs1)C2. The van der Waals surface area contributed by atoms with Gasteiger partial charge in [-0.25, -0.2) is 17.9 Å². The number of nitrogens with one attached hydrogen (secondary N) is 1. The van der Waals surface area contributed by atoms with Gasteiger partial charge in [0.25, 0.3) is 0 Å². The number of piperidine rings is 1. The van der Waals surface area contributed by atoms with Crippen LogP contribution < -0.4 is 4.72 Å². The Balaban J connectivity index is 1.51. The van der Waals surface area contributed by atoms with E-state index in [0.29, 0.717) is 19.5 Å². The third-order valence-corrected chi connectivity index (χ3v) is 7.93. The minimum Gasteiger partial charge on any atom is -0.325 e. The summed E-state index contributed by atoms with van der Waals surface area (Å²) in [5.74, 6) is 0. The van der Waals surface area contributed by atoms with Crippen molar-refractivity contribution in [1.29, 1.82) is 0 Å².